The second kappa shape index (κ2) is 12.1. The van der Waals surface area contributed by atoms with Crippen LogP contribution in [0.4, 0.5) is 0 Å². The lowest BCUT2D eigenvalue weighted by Crippen LogP contribution is -2.12. The number of thioether (sulfide) groups is 1. The molecule has 0 N–H and O–H groups in total. The molecule has 204 valence electrons. The van der Waals surface area contributed by atoms with Crippen LogP contribution in [0.1, 0.15) is 27.8 Å². The third-order valence-electron chi connectivity index (χ3n) is 6.49. The molecule has 4 aromatic carbocycles. The van der Waals surface area contributed by atoms with Crippen molar-refractivity contribution in [1.29, 1.82) is 0 Å². The van der Waals surface area contributed by atoms with Crippen molar-refractivity contribution < 1.29 is 14.4 Å². The SMILES string of the molecule is COc1cc([C@H](C[N+](=O)[O-])Sc2nnc(C)n2-c2cccc(C)c2)cc(Br)c1OCc1cccc2ccccc12. The number of hydrogen-bond acceptors (Lipinski definition) is 7. The van der Waals surface area contributed by atoms with E-state index < -0.39 is 5.25 Å². The van der Waals surface area contributed by atoms with E-state index in [1.807, 2.05) is 73.0 Å². The van der Waals surface area contributed by atoms with E-state index in [0.29, 0.717) is 39.1 Å². The number of aromatic nitrogens is 3. The minimum atomic E-state index is -0.556. The van der Waals surface area contributed by atoms with Crippen LogP contribution in [0.3, 0.4) is 0 Å². The van der Waals surface area contributed by atoms with E-state index in [1.54, 1.807) is 13.2 Å². The quantitative estimate of drug-likeness (QED) is 0.0908. The minimum absolute atomic E-state index is 0.309. The first kappa shape index (κ1) is 27.7. The molecule has 0 aliphatic heterocycles. The van der Waals surface area contributed by atoms with Crippen LogP contribution in [0, 0.1) is 24.0 Å². The molecule has 1 heterocycles. The zero-order valence-corrected chi connectivity index (χ0v) is 24.6. The Hall–Kier alpha value is -3.89. The fraction of sp³-hybridized carbons (Fsp3) is 0.200. The van der Waals surface area contributed by atoms with Gasteiger partial charge in [-0.3, -0.25) is 14.7 Å². The summed E-state index contributed by atoms with van der Waals surface area (Å²) in [7, 11) is 1.56. The molecule has 5 rings (SSSR count). The van der Waals surface area contributed by atoms with Gasteiger partial charge in [0.15, 0.2) is 16.7 Å². The summed E-state index contributed by atoms with van der Waals surface area (Å²) in [6.07, 6.45) is 0. The van der Waals surface area contributed by atoms with E-state index >= 15 is 0 Å². The molecule has 0 aliphatic rings. The van der Waals surface area contributed by atoms with Crippen LogP contribution in [0.25, 0.3) is 16.5 Å². The van der Waals surface area contributed by atoms with Crippen LogP contribution in [0.5, 0.6) is 11.5 Å². The number of halogens is 1. The van der Waals surface area contributed by atoms with Gasteiger partial charge in [0.1, 0.15) is 17.7 Å². The normalized spacial score (nSPS) is 11.9. The maximum absolute atomic E-state index is 11.7. The monoisotopic (exact) mass is 618 g/mol. The summed E-state index contributed by atoms with van der Waals surface area (Å²) in [4.78, 5) is 11.4. The van der Waals surface area contributed by atoms with Gasteiger partial charge in [-0.25, -0.2) is 0 Å². The Labute approximate surface area is 244 Å². The summed E-state index contributed by atoms with van der Waals surface area (Å²) >= 11 is 4.92. The average Bonchev–Trinajstić information content (AvgIpc) is 3.30. The summed E-state index contributed by atoms with van der Waals surface area (Å²) in [5, 5.41) is 22.6. The molecule has 1 aromatic heterocycles. The van der Waals surface area contributed by atoms with Crippen molar-refractivity contribution in [2.45, 2.75) is 30.9 Å². The number of fused-ring (bicyclic) bond motifs is 1. The smallest absolute Gasteiger partial charge is 0.220 e. The zero-order valence-electron chi connectivity index (χ0n) is 22.2. The lowest BCUT2D eigenvalue weighted by molar-refractivity contribution is -0.479. The predicted molar refractivity (Wildman–Crippen MR) is 160 cm³/mol. The summed E-state index contributed by atoms with van der Waals surface area (Å²) < 4.78 is 14.5. The molecule has 0 fully saturated rings. The van der Waals surface area contributed by atoms with Gasteiger partial charge in [0.05, 0.1) is 11.6 Å². The van der Waals surface area contributed by atoms with Gasteiger partial charge < -0.3 is 9.47 Å². The number of nitro groups is 1. The van der Waals surface area contributed by atoms with Gasteiger partial charge in [0, 0.05) is 10.6 Å². The Morgan fingerprint density at radius 2 is 1.80 bits per heavy atom. The second-order valence-corrected chi connectivity index (χ2v) is 11.3. The summed E-state index contributed by atoms with van der Waals surface area (Å²) in [6, 6.07) is 25.9. The van der Waals surface area contributed by atoms with Crippen molar-refractivity contribution >= 4 is 38.5 Å². The zero-order chi connectivity index (χ0) is 28.2. The highest BCUT2D eigenvalue weighted by Gasteiger charge is 2.26. The van der Waals surface area contributed by atoms with Crippen LogP contribution < -0.4 is 9.47 Å². The van der Waals surface area contributed by atoms with Gasteiger partial charge in [-0.15, -0.1) is 10.2 Å². The van der Waals surface area contributed by atoms with Crippen molar-refractivity contribution in [3.8, 4) is 17.2 Å². The van der Waals surface area contributed by atoms with Gasteiger partial charge in [-0.2, -0.15) is 0 Å². The van der Waals surface area contributed by atoms with Crippen LogP contribution >= 0.6 is 27.7 Å². The molecule has 0 spiro atoms. The van der Waals surface area contributed by atoms with Crippen LogP contribution in [0.2, 0.25) is 0 Å². The van der Waals surface area contributed by atoms with Crippen molar-refractivity contribution in [2.75, 3.05) is 13.7 Å². The van der Waals surface area contributed by atoms with Crippen molar-refractivity contribution in [1.82, 2.24) is 14.8 Å². The highest BCUT2D eigenvalue weighted by molar-refractivity contribution is 9.10. The van der Waals surface area contributed by atoms with E-state index in [1.165, 1.54) is 11.8 Å². The van der Waals surface area contributed by atoms with E-state index in [4.69, 9.17) is 9.47 Å². The van der Waals surface area contributed by atoms with Crippen molar-refractivity contribution in [3.05, 3.63) is 116 Å². The van der Waals surface area contributed by atoms with Crippen LogP contribution in [-0.2, 0) is 6.61 Å². The number of rotatable bonds is 10. The molecule has 0 aliphatic carbocycles. The molecule has 8 nitrogen and oxygen atoms in total. The number of methoxy groups -OCH3 is 1. The average molecular weight is 620 g/mol. The molecular weight excluding hydrogens is 592 g/mol. The number of aryl methyl sites for hydroxylation is 2. The lowest BCUT2D eigenvalue weighted by atomic mass is 10.1. The number of hydrogen-bond donors (Lipinski definition) is 0. The Bertz CT molecular complexity index is 1680. The Morgan fingerprint density at radius 1 is 1.02 bits per heavy atom. The third-order valence-corrected chi connectivity index (χ3v) is 8.26. The predicted octanol–water partition coefficient (Wildman–Crippen LogP) is 7.50. The number of ether oxygens (including phenoxy) is 2. The van der Waals surface area contributed by atoms with Gasteiger partial charge in [-0.1, -0.05) is 66.4 Å². The van der Waals surface area contributed by atoms with Gasteiger partial charge in [-0.05, 0) is 81.5 Å². The molecule has 0 radical (unpaired) electrons. The third kappa shape index (κ3) is 5.97. The van der Waals surface area contributed by atoms with Crippen molar-refractivity contribution in [3.63, 3.8) is 0 Å². The first-order valence-corrected chi connectivity index (χ1v) is 14.3. The maximum atomic E-state index is 11.7. The number of benzene rings is 4. The lowest BCUT2D eigenvalue weighted by Gasteiger charge is -2.18. The van der Waals surface area contributed by atoms with Crippen LogP contribution in [0.15, 0.2) is 88.5 Å². The van der Waals surface area contributed by atoms with E-state index in [9.17, 15) is 10.1 Å². The molecule has 0 unspecified atom stereocenters. The standard InChI is InChI=1S/C30H27BrN4O4S/c1-19-8-6-12-24(14-19)35-20(2)32-33-30(35)40-28(17-34(36)37)23-15-26(31)29(27(16-23)38-3)39-18-22-11-7-10-21-9-4-5-13-25(21)22/h4-16,28H,17-18H2,1-3H3/t28-/m0/s1. The molecule has 1 atom stereocenters. The minimum Gasteiger partial charge on any atom is -0.493 e. The number of nitrogens with zero attached hydrogens (tertiary/aromatic N) is 4. The van der Waals surface area contributed by atoms with E-state index in [-0.39, 0.29) is 11.5 Å². The Morgan fingerprint density at radius 3 is 2.58 bits per heavy atom. The molecule has 0 amide bonds. The molecule has 0 saturated heterocycles. The second-order valence-electron chi connectivity index (χ2n) is 9.29. The Balaban J connectivity index is 1.46. The van der Waals surface area contributed by atoms with Gasteiger partial charge >= 0.3 is 0 Å². The maximum Gasteiger partial charge on any atom is 0.220 e. The molecule has 40 heavy (non-hydrogen) atoms. The van der Waals surface area contributed by atoms with E-state index in [0.717, 1.165) is 27.6 Å². The highest BCUT2D eigenvalue weighted by Crippen LogP contribution is 2.43. The summed E-state index contributed by atoms with van der Waals surface area (Å²) in [5.41, 5.74) is 3.75. The molecule has 5 aromatic rings. The first-order chi connectivity index (χ1) is 19.3. The van der Waals surface area contributed by atoms with Gasteiger partial charge in [0.2, 0.25) is 6.54 Å². The fourth-order valence-electron chi connectivity index (χ4n) is 4.59. The largest absolute Gasteiger partial charge is 0.493 e. The first-order valence-electron chi connectivity index (χ1n) is 12.6. The molecular formula is C30H27BrN4O4S. The topological polar surface area (TPSA) is 92.3 Å². The van der Waals surface area contributed by atoms with Gasteiger partial charge in [0.25, 0.3) is 0 Å². The molecule has 10 heteroatoms. The van der Waals surface area contributed by atoms with E-state index in [2.05, 4.69) is 44.3 Å². The van der Waals surface area contributed by atoms with Crippen LogP contribution in [-0.4, -0.2) is 33.3 Å². The Kier molecular flexibility index (Phi) is 8.37. The molecule has 0 bridgehead atoms. The summed E-state index contributed by atoms with van der Waals surface area (Å²) in [5.74, 6) is 1.71. The highest BCUT2D eigenvalue weighted by atomic mass is 79.9. The molecule has 0 saturated carbocycles. The summed E-state index contributed by atoms with van der Waals surface area (Å²) in [6.45, 7) is 3.90. The fourth-order valence-corrected chi connectivity index (χ4v) is 6.32. The van der Waals surface area contributed by atoms with Crippen molar-refractivity contribution in [2.24, 2.45) is 0 Å².